The van der Waals surface area contributed by atoms with Crippen molar-refractivity contribution in [2.75, 3.05) is 32.4 Å². The van der Waals surface area contributed by atoms with E-state index >= 15 is 0 Å². The first kappa shape index (κ1) is 17.8. The average molecular weight is 340 g/mol. The van der Waals surface area contributed by atoms with Gasteiger partial charge in [0.1, 0.15) is 11.6 Å². The second-order valence-electron chi connectivity index (χ2n) is 6.16. The van der Waals surface area contributed by atoms with Crippen LogP contribution in [0.4, 0.5) is 0 Å². The van der Waals surface area contributed by atoms with Gasteiger partial charge in [-0.15, -0.1) is 0 Å². The molecule has 23 heavy (non-hydrogen) atoms. The summed E-state index contributed by atoms with van der Waals surface area (Å²) in [7, 11) is -3.18. The third-order valence-electron chi connectivity index (χ3n) is 4.36. The predicted molar refractivity (Wildman–Crippen MR) is 86.7 cm³/mol. The number of rotatable bonds is 4. The van der Waals surface area contributed by atoms with Crippen molar-refractivity contribution < 1.29 is 13.2 Å². The molecular weight excluding hydrogens is 316 g/mol. The normalized spacial score (nSPS) is 21.7. The zero-order chi connectivity index (χ0) is 16.9. The van der Waals surface area contributed by atoms with Gasteiger partial charge in [-0.25, -0.2) is 8.42 Å². The first-order valence-corrected chi connectivity index (χ1v) is 9.87. The highest BCUT2D eigenvalue weighted by Crippen LogP contribution is 2.18. The number of piperazine rings is 1. The van der Waals surface area contributed by atoms with Gasteiger partial charge in [0.2, 0.25) is 10.0 Å². The molecule has 2 aliphatic rings. The summed E-state index contributed by atoms with van der Waals surface area (Å²) in [6, 6.07) is 2.12. The Morgan fingerprint density at radius 1 is 1.17 bits per heavy atom. The molecule has 0 radical (unpaired) electrons. The van der Waals surface area contributed by atoms with Gasteiger partial charge >= 0.3 is 0 Å². The number of carbonyl (C=O) groups is 1. The lowest BCUT2D eigenvalue weighted by atomic mass is 9.95. The number of amides is 1. The molecule has 0 aromatic rings. The van der Waals surface area contributed by atoms with Crippen molar-refractivity contribution in [3.05, 3.63) is 11.8 Å². The van der Waals surface area contributed by atoms with Crippen molar-refractivity contribution in [1.29, 1.82) is 5.26 Å². The second kappa shape index (κ2) is 7.79. The van der Waals surface area contributed by atoms with Crippen molar-refractivity contribution in [2.45, 2.75) is 38.1 Å². The molecule has 0 bridgehead atoms. The highest BCUT2D eigenvalue weighted by molar-refractivity contribution is 7.88. The summed E-state index contributed by atoms with van der Waals surface area (Å²) < 4.78 is 24.4. The minimum Gasteiger partial charge on any atom is -0.373 e. The molecule has 1 aliphatic heterocycles. The summed E-state index contributed by atoms with van der Waals surface area (Å²) in [6.07, 6.45) is 8.12. The van der Waals surface area contributed by atoms with Crippen molar-refractivity contribution in [1.82, 2.24) is 14.5 Å². The molecule has 1 amide bonds. The van der Waals surface area contributed by atoms with E-state index in [-0.39, 0.29) is 17.5 Å². The van der Waals surface area contributed by atoms with E-state index in [9.17, 15) is 18.5 Å². The Hall–Kier alpha value is -1.59. The lowest BCUT2D eigenvalue weighted by Gasteiger charge is -2.32. The summed E-state index contributed by atoms with van der Waals surface area (Å²) in [5.74, 6) is -0.329. The fraction of sp³-hybridized carbons (Fsp3) is 0.733. The topological polar surface area (TPSA) is 93.5 Å². The minimum absolute atomic E-state index is 0.0865. The Morgan fingerprint density at radius 3 is 2.30 bits per heavy atom. The second-order valence-corrected chi connectivity index (χ2v) is 8.14. The van der Waals surface area contributed by atoms with Gasteiger partial charge in [-0.1, -0.05) is 19.3 Å². The molecular formula is C15H24N4O3S. The van der Waals surface area contributed by atoms with Crippen molar-refractivity contribution >= 4 is 15.9 Å². The summed E-state index contributed by atoms with van der Waals surface area (Å²) in [6.45, 7) is 1.71. The van der Waals surface area contributed by atoms with Crippen molar-refractivity contribution in [3.8, 4) is 6.07 Å². The Kier molecular flexibility index (Phi) is 6.02. The molecule has 0 aromatic heterocycles. The van der Waals surface area contributed by atoms with Crippen LogP contribution in [0, 0.1) is 11.3 Å². The third kappa shape index (κ3) is 5.22. The molecule has 7 nitrogen and oxygen atoms in total. The number of nitrogens with one attached hydrogen (secondary N) is 1. The molecule has 1 aliphatic carbocycles. The molecule has 1 saturated heterocycles. The highest BCUT2D eigenvalue weighted by atomic mass is 32.2. The molecule has 0 spiro atoms. The maximum atomic E-state index is 12.2. The van der Waals surface area contributed by atoms with Crippen LogP contribution in [0.15, 0.2) is 11.8 Å². The Balaban J connectivity index is 1.91. The molecule has 0 aromatic carbocycles. The molecule has 8 heteroatoms. The van der Waals surface area contributed by atoms with E-state index in [0.717, 1.165) is 25.7 Å². The molecule has 1 heterocycles. The molecule has 0 atom stereocenters. The smallest absolute Gasteiger partial charge is 0.263 e. The van der Waals surface area contributed by atoms with Gasteiger partial charge in [-0.05, 0) is 12.8 Å². The van der Waals surface area contributed by atoms with Gasteiger partial charge in [-0.2, -0.15) is 9.57 Å². The Bertz CT molecular complexity index is 595. The van der Waals surface area contributed by atoms with Crippen LogP contribution in [0.2, 0.25) is 0 Å². The third-order valence-corrected chi connectivity index (χ3v) is 5.66. The van der Waals surface area contributed by atoms with Crippen LogP contribution in [-0.2, 0) is 14.8 Å². The van der Waals surface area contributed by atoms with E-state index in [1.807, 2.05) is 11.0 Å². The van der Waals surface area contributed by atoms with Crippen LogP contribution < -0.4 is 5.32 Å². The maximum Gasteiger partial charge on any atom is 0.263 e. The Morgan fingerprint density at radius 2 is 1.78 bits per heavy atom. The zero-order valence-corrected chi connectivity index (χ0v) is 14.3. The van der Waals surface area contributed by atoms with Crippen LogP contribution in [-0.4, -0.2) is 62.0 Å². The first-order valence-electron chi connectivity index (χ1n) is 8.02. The van der Waals surface area contributed by atoms with Crippen LogP contribution in [0.1, 0.15) is 32.1 Å². The molecule has 2 fully saturated rings. The Labute approximate surface area is 138 Å². The van der Waals surface area contributed by atoms with Gasteiger partial charge < -0.3 is 10.2 Å². The van der Waals surface area contributed by atoms with E-state index in [4.69, 9.17) is 0 Å². The maximum absolute atomic E-state index is 12.2. The van der Waals surface area contributed by atoms with Gasteiger partial charge in [0, 0.05) is 38.4 Å². The van der Waals surface area contributed by atoms with E-state index in [0.29, 0.717) is 26.2 Å². The number of hydrogen-bond donors (Lipinski definition) is 1. The molecule has 0 unspecified atom stereocenters. The van der Waals surface area contributed by atoms with Crippen LogP contribution >= 0.6 is 0 Å². The van der Waals surface area contributed by atoms with Crippen molar-refractivity contribution in [3.63, 3.8) is 0 Å². The highest BCUT2D eigenvalue weighted by Gasteiger charge is 2.23. The average Bonchev–Trinajstić information content (AvgIpc) is 2.53. The molecule has 1 N–H and O–H groups in total. The van der Waals surface area contributed by atoms with Crippen LogP contribution in [0.5, 0.6) is 0 Å². The van der Waals surface area contributed by atoms with E-state index < -0.39 is 10.0 Å². The van der Waals surface area contributed by atoms with Crippen LogP contribution in [0.3, 0.4) is 0 Å². The zero-order valence-electron chi connectivity index (χ0n) is 13.5. The minimum atomic E-state index is -3.18. The molecule has 128 valence electrons. The molecule has 1 saturated carbocycles. The number of sulfonamides is 1. The number of carbonyl (C=O) groups excluding carboxylic acids is 1. The predicted octanol–water partition coefficient (Wildman–Crippen LogP) is 0.420. The molecule has 2 rings (SSSR count). The summed E-state index contributed by atoms with van der Waals surface area (Å²) in [5.41, 5.74) is 0.0865. The number of nitriles is 1. The first-order chi connectivity index (χ1) is 10.9. The van der Waals surface area contributed by atoms with Gasteiger partial charge in [0.25, 0.3) is 5.91 Å². The quantitative estimate of drug-likeness (QED) is 0.591. The summed E-state index contributed by atoms with van der Waals surface area (Å²) in [4.78, 5) is 14.0. The lowest BCUT2D eigenvalue weighted by Crippen LogP contribution is -2.46. The van der Waals surface area contributed by atoms with Gasteiger partial charge in [0.05, 0.1) is 6.26 Å². The van der Waals surface area contributed by atoms with E-state index in [2.05, 4.69) is 5.32 Å². The SMILES string of the molecule is CS(=O)(=O)N1CCN(/C=C(/C#N)C(=O)NC2CCCCC2)CC1. The van der Waals surface area contributed by atoms with Gasteiger partial charge in [0.15, 0.2) is 0 Å². The number of hydrogen-bond acceptors (Lipinski definition) is 5. The largest absolute Gasteiger partial charge is 0.373 e. The summed E-state index contributed by atoms with van der Waals surface area (Å²) >= 11 is 0. The number of nitrogens with zero attached hydrogens (tertiary/aromatic N) is 3. The van der Waals surface area contributed by atoms with E-state index in [1.54, 1.807) is 6.20 Å². The van der Waals surface area contributed by atoms with Crippen LogP contribution in [0.25, 0.3) is 0 Å². The summed E-state index contributed by atoms with van der Waals surface area (Å²) in [5, 5.41) is 12.2. The van der Waals surface area contributed by atoms with Crippen molar-refractivity contribution in [2.24, 2.45) is 0 Å². The lowest BCUT2D eigenvalue weighted by molar-refractivity contribution is -0.118. The standard InChI is InChI=1S/C15H24N4O3S/c1-23(21,22)19-9-7-18(8-10-19)12-13(11-16)15(20)17-14-5-3-2-4-6-14/h12,14H,2-10H2,1H3,(H,17,20)/b13-12-. The fourth-order valence-corrected chi connectivity index (χ4v) is 3.82. The monoisotopic (exact) mass is 340 g/mol. The fourth-order valence-electron chi connectivity index (χ4n) is 3.00. The van der Waals surface area contributed by atoms with E-state index in [1.165, 1.54) is 17.0 Å². The van der Waals surface area contributed by atoms with Gasteiger partial charge in [-0.3, -0.25) is 4.79 Å².